The van der Waals surface area contributed by atoms with E-state index in [-0.39, 0.29) is 12.4 Å². The summed E-state index contributed by atoms with van der Waals surface area (Å²) >= 11 is 0. The predicted octanol–water partition coefficient (Wildman–Crippen LogP) is 0.289. The van der Waals surface area contributed by atoms with Crippen molar-refractivity contribution in [1.82, 2.24) is 4.98 Å². The Morgan fingerprint density at radius 3 is 3.00 bits per heavy atom. The molecule has 1 rings (SSSR count). The van der Waals surface area contributed by atoms with Gasteiger partial charge in [-0.05, 0) is 19.1 Å². The number of hydrogen-bond acceptors (Lipinski definition) is 5. The van der Waals surface area contributed by atoms with Crippen molar-refractivity contribution in [2.45, 2.75) is 13.0 Å². The maximum atomic E-state index is 11.4. The van der Waals surface area contributed by atoms with Gasteiger partial charge in [0.1, 0.15) is 11.9 Å². The van der Waals surface area contributed by atoms with Crippen LogP contribution in [0.1, 0.15) is 12.5 Å². The normalized spacial score (nSPS) is 11.6. The Kier molecular flexibility index (Phi) is 5.07. The average molecular weight is 235 g/mol. The predicted molar refractivity (Wildman–Crippen MR) is 60.1 cm³/mol. The number of rotatable bonds is 5. The van der Waals surface area contributed by atoms with Crippen molar-refractivity contribution < 1.29 is 14.6 Å². The lowest BCUT2D eigenvalue weighted by molar-refractivity contribution is -0.126. The summed E-state index contributed by atoms with van der Waals surface area (Å²) in [6.07, 6.45) is 0.109. The highest BCUT2D eigenvalue weighted by Crippen LogP contribution is 2.04. The summed E-state index contributed by atoms with van der Waals surface area (Å²) in [6, 6.07) is 4.93. The number of anilines is 1. The minimum atomic E-state index is -1.23. The molecular formula is C11H13N3O3. The summed E-state index contributed by atoms with van der Waals surface area (Å²) in [6.45, 7) is 2.14. The van der Waals surface area contributed by atoms with Crippen LogP contribution in [0.3, 0.4) is 0 Å². The first-order valence-electron chi connectivity index (χ1n) is 5.10. The lowest BCUT2D eigenvalue weighted by atomic mass is 10.3. The van der Waals surface area contributed by atoms with Crippen molar-refractivity contribution in [3.8, 4) is 6.07 Å². The molecule has 0 bridgehead atoms. The van der Waals surface area contributed by atoms with Gasteiger partial charge in [0.2, 0.25) is 0 Å². The number of nitrogens with one attached hydrogen (secondary N) is 1. The minimum absolute atomic E-state index is 0.0569. The van der Waals surface area contributed by atoms with Gasteiger partial charge in [0.15, 0.2) is 6.10 Å². The number of nitriles is 1. The van der Waals surface area contributed by atoms with E-state index in [9.17, 15) is 9.90 Å². The number of carbonyl (C=O) groups is 1. The van der Waals surface area contributed by atoms with Gasteiger partial charge in [-0.25, -0.2) is 4.98 Å². The number of nitrogens with zero attached hydrogens (tertiary/aromatic N) is 2. The Hall–Kier alpha value is -1.97. The van der Waals surface area contributed by atoms with Crippen molar-refractivity contribution >= 4 is 11.7 Å². The molecule has 90 valence electrons. The number of carbonyl (C=O) groups excluding carboxylic acids is 1. The third kappa shape index (κ3) is 4.18. The van der Waals surface area contributed by atoms with Gasteiger partial charge in [0.05, 0.1) is 12.2 Å². The second-order valence-corrected chi connectivity index (χ2v) is 3.21. The molecule has 0 aliphatic heterocycles. The first kappa shape index (κ1) is 13.1. The summed E-state index contributed by atoms with van der Waals surface area (Å²) < 4.78 is 4.92. The van der Waals surface area contributed by atoms with E-state index in [1.54, 1.807) is 6.92 Å². The second-order valence-electron chi connectivity index (χ2n) is 3.21. The molecule has 0 radical (unpaired) electrons. The van der Waals surface area contributed by atoms with Gasteiger partial charge in [0, 0.05) is 12.8 Å². The van der Waals surface area contributed by atoms with Crippen LogP contribution in [0.25, 0.3) is 0 Å². The van der Waals surface area contributed by atoms with Crippen LogP contribution in [0, 0.1) is 11.3 Å². The molecule has 2 N–H and O–H groups in total. The fraction of sp³-hybridized carbons (Fsp3) is 0.364. The first-order chi connectivity index (χ1) is 8.17. The molecule has 1 atom stereocenters. The summed E-state index contributed by atoms with van der Waals surface area (Å²) in [4.78, 5) is 15.3. The molecule has 0 saturated carbocycles. The molecular weight excluding hydrogens is 222 g/mol. The van der Waals surface area contributed by atoms with Gasteiger partial charge in [-0.2, -0.15) is 5.26 Å². The van der Waals surface area contributed by atoms with E-state index in [1.165, 1.54) is 18.3 Å². The number of ether oxygens (including phenoxy) is 1. The molecule has 1 heterocycles. The monoisotopic (exact) mass is 235 g/mol. The largest absolute Gasteiger partial charge is 0.381 e. The topological polar surface area (TPSA) is 95.2 Å². The lowest BCUT2D eigenvalue weighted by Gasteiger charge is -2.10. The van der Waals surface area contributed by atoms with Crippen LogP contribution in [-0.4, -0.2) is 35.3 Å². The zero-order valence-corrected chi connectivity index (χ0v) is 9.38. The highest BCUT2D eigenvalue weighted by atomic mass is 16.5. The van der Waals surface area contributed by atoms with Crippen LogP contribution in [0.5, 0.6) is 0 Å². The molecule has 1 unspecified atom stereocenters. The molecule has 0 aliphatic carbocycles. The van der Waals surface area contributed by atoms with Crippen LogP contribution in [0.4, 0.5) is 5.82 Å². The van der Waals surface area contributed by atoms with Crippen LogP contribution in [0.2, 0.25) is 0 Å². The van der Waals surface area contributed by atoms with E-state index in [2.05, 4.69) is 10.3 Å². The van der Waals surface area contributed by atoms with Gasteiger partial charge in [-0.15, -0.1) is 0 Å². The first-order valence-corrected chi connectivity index (χ1v) is 5.10. The molecule has 0 spiro atoms. The number of aliphatic hydroxyl groups excluding tert-OH is 1. The zero-order chi connectivity index (χ0) is 12.7. The third-order valence-corrected chi connectivity index (χ3v) is 1.93. The maximum Gasteiger partial charge on any atom is 0.256 e. The number of hydrogen-bond donors (Lipinski definition) is 2. The molecule has 6 nitrogen and oxygen atoms in total. The third-order valence-electron chi connectivity index (χ3n) is 1.93. The molecule has 0 aromatic carbocycles. The Bertz CT molecular complexity index is 411. The summed E-state index contributed by atoms with van der Waals surface area (Å²) in [5.41, 5.74) is 0.401. The fourth-order valence-electron chi connectivity index (χ4n) is 1.05. The number of pyridine rings is 1. The molecule has 17 heavy (non-hydrogen) atoms. The number of aliphatic hydroxyl groups is 1. The standard InChI is InChI=1S/C11H13N3O3/c1-2-17-7-9(15)11(16)14-10-4-3-8(5-12)6-13-10/h3-4,6,9,15H,2,7H2,1H3,(H,13,14,16). The SMILES string of the molecule is CCOCC(O)C(=O)Nc1ccc(C#N)cn1. The van der Waals surface area contributed by atoms with E-state index >= 15 is 0 Å². The quantitative estimate of drug-likeness (QED) is 0.764. The Morgan fingerprint density at radius 1 is 1.71 bits per heavy atom. The van der Waals surface area contributed by atoms with Crippen molar-refractivity contribution in [2.75, 3.05) is 18.5 Å². The molecule has 0 fully saturated rings. The molecule has 1 amide bonds. The van der Waals surface area contributed by atoms with Gasteiger partial charge >= 0.3 is 0 Å². The fourth-order valence-corrected chi connectivity index (χ4v) is 1.05. The Morgan fingerprint density at radius 2 is 2.47 bits per heavy atom. The summed E-state index contributed by atoms with van der Waals surface area (Å²) in [5.74, 6) is -0.305. The molecule has 0 saturated heterocycles. The van der Waals surface area contributed by atoms with Gasteiger partial charge in [-0.1, -0.05) is 0 Å². The number of amides is 1. The van der Waals surface area contributed by atoms with Crippen molar-refractivity contribution in [1.29, 1.82) is 5.26 Å². The number of aromatic nitrogens is 1. The van der Waals surface area contributed by atoms with Crippen LogP contribution >= 0.6 is 0 Å². The van der Waals surface area contributed by atoms with E-state index in [0.717, 1.165) is 0 Å². The minimum Gasteiger partial charge on any atom is -0.381 e. The zero-order valence-electron chi connectivity index (χ0n) is 9.38. The Labute approximate surface area is 98.9 Å². The van der Waals surface area contributed by atoms with Gasteiger partial charge in [-0.3, -0.25) is 4.79 Å². The Balaban J connectivity index is 2.52. The van der Waals surface area contributed by atoms with E-state index in [1.807, 2.05) is 6.07 Å². The summed E-state index contributed by atoms with van der Waals surface area (Å²) in [5, 5.41) is 20.4. The van der Waals surface area contributed by atoms with Crippen molar-refractivity contribution in [3.05, 3.63) is 23.9 Å². The summed E-state index contributed by atoms with van der Waals surface area (Å²) in [7, 11) is 0. The maximum absolute atomic E-state index is 11.4. The van der Waals surface area contributed by atoms with E-state index in [4.69, 9.17) is 10.00 Å². The lowest BCUT2D eigenvalue weighted by Crippen LogP contribution is -2.32. The van der Waals surface area contributed by atoms with Crippen LogP contribution < -0.4 is 5.32 Å². The van der Waals surface area contributed by atoms with Crippen molar-refractivity contribution in [2.24, 2.45) is 0 Å². The van der Waals surface area contributed by atoms with E-state index in [0.29, 0.717) is 12.2 Å². The van der Waals surface area contributed by atoms with Crippen LogP contribution in [-0.2, 0) is 9.53 Å². The molecule has 1 aromatic rings. The highest BCUT2D eigenvalue weighted by Gasteiger charge is 2.15. The van der Waals surface area contributed by atoms with Gasteiger partial charge < -0.3 is 15.2 Å². The second kappa shape index (κ2) is 6.58. The average Bonchev–Trinajstić information content (AvgIpc) is 2.36. The smallest absolute Gasteiger partial charge is 0.256 e. The molecule has 0 aliphatic rings. The molecule has 6 heteroatoms. The van der Waals surface area contributed by atoms with E-state index < -0.39 is 12.0 Å². The highest BCUT2D eigenvalue weighted by molar-refractivity contribution is 5.93. The van der Waals surface area contributed by atoms with Crippen LogP contribution in [0.15, 0.2) is 18.3 Å². The molecule has 1 aromatic heterocycles. The van der Waals surface area contributed by atoms with Crippen molar-refractivity contribution in [3.63, 3.8) is 0 Å². The van der Waals surface area contributed by atoms with Gasteiger partial charge in [0.25, 0.3) is 5.91 Å².